The third-order valence-corrected chi connectivity index (χ3v) is 3.47. The zero-order valence-corrected chi connectivity index (χ0v) is 10.2. The Morgan fingerprint density at radius 1 is 1.47 bits per heavy atom. The third kappa shape index (κ3) is 1.66. The van der Waals surface area contributed by atoms with Crippen LogP contribution in [-0.2, 0) is 0 Å². The van der Waals surface area contributed by atoms with Crippen LogP contribution in [0.15, 0.2) is 6.33 Å². The molecule has 1 saturated carbocycles. The monoisotopic (exact) mass is 231 g/mol. The zero-order chi connectivity index (χ0) is 12.0. The summed E-state index contributed by atoms with van der Waals surface area (Å²) in [5.74, 6) is 1.92. The molecule has 0 aliphatic heterocycles. The predicted molar refractivity (Wildman–Crippen MR) is 66.7 cm³/mol. The van der Waals surface area contributed by atoms with Gasteiger partial charge in [0.2, 0.25) is 0 Å². The summed E-state index contributed by atoms with van der Waals surface area (Å²) < 4.78 is 2.10. The minimum atomic E-state index is 0.390. The topological polar surface area (TPSA) is 69.6 Å². The van der Waals surface area contributed by atoms with Crippen LogP contribution in [0.5, 0.6) is 0 Å². The van der Waals surface area contributed by atoms with Crippen LogP contribution in [-0.4, -0.2) is 19.5 Å². The summed E-state index contributed by atoms with van der Waals surface area (Å²) in [5.41, 5.74) is 7.56. The first-order valence-electron chi connectivity index (χ1n) is 6.20. The fourth-order valence-electron chi connectivity index (χ4n) is 2.00. The van der Waals surface area contributed by atoms with Crippen molar-refractivity contribution in [1.29, 1.82) is 0 Å². The van der Waals surface area contributed by atoms with Gasteiger partial charge >= 0.3 is 0 Å². The molecule has 5 heteroatoms. The van der Waals surface area contributed by atoms with Crippen molar-refractivity contribution in [2.24, 2.45) is 0 Å². The SMILES string of the molecule is CCC(C)n1cnc2c(N)nc(C3CC3)nc21. The number of hydrogen-bond donors (Lipinski definition) is 1. The third-order valence-electron chi connectivity index (χ3n) is 3.47. The number of nitrogen functional groups attached to an aromatic ring is 1. The minimum absolute atomic E-state index is 0.390. The zero-order valence-electron chi connectivity index (χ0n) is 10.2. The van der Waals surface area contributed by atoms with Crippen LogP contribution in [0.3, 0.4) is 0 Å². The van der Waals surface area contributed by atoms with Crippen molar-refractivity contribution < 1.29 is 0 Å². The van der Waals surface area contributed by atoms with E-state index in [4.69, 9.17) is 5.73 Å². The van der Waals surface area contributed by atoms with Gasteiger partial charge in [-0.15, -0.1) is 0 Å². The van der Waals surface area contributed by atoms with Gasteiger partial charge in [0.15, 0.2) is 11.5 Å². The van der Waals surface area contributed by atoms with Gasteiger partial charge in [-0.3, -0.25) is 0 Å². The van der Waals surface area contributed by atoms with Crippen molar-refractivity contribution in [2.45, 2.75) is 45.1 Å². The van der Waals surface area contributed by atoms with E-state index in [9.17, 15) is 0 Å². The number of aromatic nitrogens is 4. The van der Waals surface area contributed by atoms with Gasteiger partial charge in [-0.1, -0.05) is 6.92 Å². The maximum Gasteiger partial charge on any atom is 0.166 e. The van der Waals surface area contributed by atoms with E-state index < -0.39 is 0 Å². The number of anilines is 1. The lowest BCUT2D eigenvalue weighted by molar-refractivity contribution is 0.540. The number of rotatable bonds is 3. The molecule has 2 aromatic heterocycles. The fraction of sp³-hybridized carbons (Fsp3) is 0.583. The van der Waals surface area contributed by atoms with E-state index >= 15 is 0 Å². The molecule has 5 nitrogen and oxygen atoms in total. The van der Waals surface area contributed by atoms with E-state index in [1.807, 2.05) is 6.33 Å². The van der Waals surface area contributed by atoms with Crippen molar-refractivity contribution in [3.63, 3.8) is 0 Å². The molecule has 2 aromatic rings. The second kappa shape index (κ2) is 3.68. The van der Waals surface area contributed by atoms with Gasteiger partial charge in [0.1, 0.15) is 11.3 Å². The van der Waals surface area contributed by atoms with Crippen LogP contribution in [0.2, 0.25) is 0 Å². The summed E-state index contributed by atoms with van der Waals surface area (Å²) >= 11 is 0. The average molecular weight is 231 g/mol. The summed E-state index contributed by atoms with van der Waals surface area (Å²) in [6.45, 7) is 4.32. The van der Waals surface area contributed by atoms with E-state index in [1.165, 1.54) is 12.8 Å². The number of hydrogen-bond acceptors (Lipinski definition) is 4. The Labute approximate surface area is 100 Å². The van der Waals surface area contributed by atoms with Crippen molar-refractivity contribution in [3.05, 3.63) is 12.2 Å². The van der Waals surface area contributed by atoms with Gasteiger partial charge in [0.25, 0.3) is 0 Å². The fourth-order valence-corrected chi connectivity index (χ4v) is 2.00. The molecule has 0 spiro atoms. The molecule has 2 heterocycles. The highest BCUT2D eigenvalue weighted by atomic mass is 15.2. The van der Waals surface area contributed by atoms with Crippen molar-refractivity contribution in [2.75, 3.05) is 5.73 Å². The summed E-state index contributed by atoms with van der Waals surface area (Å²) in [6.07, 6.45) is 5.24. The van der Waals surface area contributed by atoms with Gasteiger partial charge in [-0.05, 0) is 26.2 Å². The van der Waals surface area contributed by atoms with Crippen LogP contribution >= 0.6 is 0 Å². The second-order valence-electron chi connectivity index (χ2n) is 4.82. The highest BCUT2D eigenvalue weighted by Crippen LogP contribution is 2.39. The van der Waals surface area contributed by atoms with Crippen molar-refractivity contribution in [1.82, 2.24) is 19.5 Å². The van der Waals surface area contributed by atoms with E-state index in [0.717, 1.165) is 23.4 Å². The molecule has 3 rings (SSSR count). The summed E-state index contributed by atoms with van der Waals surface area (Å²) in [7, 11) is 0. The molecule has 17 heavy (non-hydrogen) atoms. The molecule has 1 atom stereocenters. The smallest absolute Gasteiger partial charge is 0.166 e. The van der Waals surface area contributed by atoms with Crippen LogP contribution in [0.1, 0.15) is 50.9 Å². The lowest BCUT2D eigenvalue weighted by atomic mass is 10.2. The van der Waals surface area contributed by atoms with Gasteiger partial charge < -0.3 is 10.3 Å². The Morgan fingerprint density at radius 3 is 2.88 bits per heavy atom. The Bertz CT molecular complexity index is 555. The number of nitrogens with two attached hydrogens (primary N) is 1. The van der Waals surface area contributed by atoms with Crippen molar-refractivity contribution in [3.8, 4) is 0 Å². The molecule has 1 fully saturated rings. The molecule has 1 aliphatic rings. The summed E-state index contributed by atoms with van der Waals surface area (Å²) in [5, 5.41) is 0. The molecule has 1 unspecified atom stereocenters. The number of nitrogens with zero attached hydrogens (tertiary/aromatic N) is 4. The Kier molecular flexibility index (Phi) is 2.28. The average Bonchev–Trinajstić information content (AvgIpc) is 3.08. The molecule has 2 N–H and O–H groups in total. The van der Waals surface area contributed by atoms with Crippen LogP contribution in [0.25, 0.3) is 11.2 Å². The number of fused-ring (bicyclic) bond motifs is 1. The normalized spacial score (nSPS) is 17.5. The summed E-state index contributed by atoms with van der Waals surface area (Å²) in [6, 6.07) is 0.390. The first-order valence-corrected chi connectivity index (χ1v) is 6.20. The Balaban J connectivity index is 2.18. The first kappa shape index (κ1) is 10.5. The van der Waals surface area contributed by atoms with E-state index in [0.29, 0.717) is 17.8 Å². The maximum atomic E-state index is 5.95. The highest BCUT2D eigenvalue weighted by Gasteiger charge is 2.28. The van der Waals surface area contributed by atoms with Crippen molar-refractivity contribution >= 4 is 17.0 Å². The van der Waals surface area contributed by atoms with E-state index in [1.54, 1.807) is 0 Å². The van der Waals surface area contributed by atoms with E-state index in [2.05, 4.69) is 33.4 Å². The van der Waals surface area contributed by atoms with E-state index in [-0.39, 0.29) is 0 Å². The molecule has 1 aliphatic carbocycles. The molecule has 0 saturated heterocycles. The lowest BCUT2D eigenvalue weighted by Gasteiger charge is -2.11. The van der Waals surface area contributed by atoms with Gasteiger partial charge in [-0.2, -0.15) is 0 Å². The maximum absolute atomic E-state index is 5.95. The molecule has 0 aromatic carbocycles. The Morgan fingerprint density at radius 2 is 2.24 bits per heavy atom. The molecule has 0 radical (unpaired) electrons. The standard InChI is InChI=1S/C12H17N5/c1-3-7(2)17-6-14-9-10(13)15-11(8-4-5-8)16-12(9)17/h6-8H,3-5H2,1-2H3,(H2,13,15,16). The molecular weight excluding hydrogens is 214 g/mol. The predicted octanol–water partition coefficient (Wildman–Crippen LogP) is 2.26. The second-order valence-corrected chi connectivity index (χ2v) is 4.82. The van der Waals surface area contributed by atoms with Crippen LogP contribution in [0.4, 0.5) is 5.82 Å². The molecule has 0 amide bonds. The molecular formula is C12H17N5. The molecule has 0 bridgehead atoms. The van der Waals surface area contributed by atoms with Gasteiger partial charge in [-0.25, -0.2) is 15.0 Å². The lowest BCUT2D eigenvalue weighted by Crippen LogP contribution is -2.06. The Hall–Kier alpha value is -1.65. The highest BCUT2D eigenvalue weighted by molar-refractivity contribution is 5.81. The van der Waals surface area contributed by atoms with Crippen LogP contribution < -0.4 is 5.73 Å². The largest absolute Gasteiger partial charge is 0.382 e. The molecule has 90 valence electrons. The number of imidazole rings is 1. The van der Waals surface area contributed by atoms with Gasteiger partial charge in [0, 0.05) is 12.0 Å². The first-order chi connectivity index (χ1) is 8.20. The minimum Gasteiger partial charge on any atom is -0.382 e. The quantitative estimate of drug-likeness (QED) is 0.879. The van der Waals surface area contributed by atoms with Gasteiger partial charge in [0.05, 0.1) is 6.33 Å². The summed E-state index contributed by atoms with van der Waals surface area (Å²) in [4.78, 5) is 13.3. The van der Waals surface area contributed by atoms with Crippen LogP contribution in [0, 0.1) is 0 Å².